The number of nitrogens with one attached hydrogen (secondary N) is 1. The summed E-state index contributed by atoms with van der Waals surface area (Å²) in [7, 11) is 3.38. The van der Waals surface area contributed by atoms with Gasteiger partial charge in [-0.25, -0.2) is 9.78 Å². The summed E-state index contributed by atoms with van der Waals surface area (Å²) in [5.74, 6) is 1.37. The number of pyridine rings is 1. The molecule has 0 radical (unpaired) electrons. The van der Waals surface area contributed by atoms with Crippen LogP contribution in [0.3, 0.4) is 0 Å². The van der Waals surface area contributed by atoms with Gasteiger partial charge in [-0.15, -0.1) is 24.0 Å². The van der Waals surface area contributed by atoms with Crippen LogP contribution in [0.5, 0.6) is 5.88 Å². The fourth-order valence-electron chi connectivity index (χ4n) is 2.73. The lowest BCUT2D eigenvalue weighted by Crippen LogP contribution is -2.53. The lowest BCUT2D eigenvalue weighted by molar-refractivity contribution is 0.0914. The molecular weight excluding hydrogens is 477 g/mol. The molecule has 158 valence electrons. The molecular formula is C18H30IN5O4. The largest absolute Gasteiger partial charge is 0.475 e. The first-order chi connectivity index (χ1) is 13.2. The van der Waals surface area contributed by atoms with Crippen molar-refractivity contribution < 1.29 is 19.0 Å². The zero-order chi connectivity index (χ0) is 19.5. The van der Waals surface area contributed by atoms with Crippen molar-refractivity contribution in [1.29, 1.82) is 0 Å². The molecule has 2 heterocycles. The molecule has 0 saturated carbocycles. The van der Waals surface area contributed by atoms with Crippen molar-refractivity contribution in [3.8, 4) is 5.88 Å². The molecule has 1 saturated heterocycles. The van der Waals surface area contributed by atoms with Crippen LogP contribution in [0.25, 0.3) is 0 Å². The molecule has 0 aromatic carbocycles. The number of hydrogen-bond donors (Lipinski definition) is 1. The second-order valence-corrected chi connectivity index (χ2v) is 5.88. The van der Waals surface area contributed by atoms with Gasteiger partial charge >= 0.3 is 6.09 Å². The number of halogens is 1. The number of nitrogens with zero attached hydrogens (tertiary/aromatic N) is 4. The third-order valence-electron chi connectivity index (χ3n) is 4.13. The van der Waals surface area contributed by atoms with E-state index >= 15 is 0 Å². The minimum atomic E-state index is -0.256. The van der Waals surface area contributed by atoms with E-state index in [-0.39, 0.29) is 30.1 Å². The van der Waals surface area contributed by atoms with Crippen molar-refractivity contribution in [2.45, 2.75) is 13.5 Å². The number of rotatable bonds is 7. The van der Waals surface area contributed by atoms with Crippen LogP contribution in [0.1, 0.15) is 12.5 Å². The van der Waals surface area contributed by atoms with Crippen molar-refractivity contribution in [1.82, 2.24) is 20.1 Å². The number of amides is 1. The Labute approximate surface area is 183 Å². The Morgan fingerprint density at radius 2 is 1.96 bits per heavy atom. The SMILES string of the molecule is CCOC(=O)N1CCN(C(=NC)NCc2cccnc2OCCOC)CC1.I. The lowest BCUT2D eigenvalue weighted by Gasteiger charge is -2.35. The molecule has 0 aliphatic carbocycles. The van der Waals surface area contributed by atoms with E-state index in [1.54, 1.807) is 25.3 Å². The van der Waals surface area contributed by atoms with Crippen molar-refractivity contribution in [2.24, 2.45) is 4.99 Å². The molecule has 28 heavy (non-hydrogen) atoms. The van der Waals surface area contributed by atoms with E-state index in [4.69, 9.17) is 14.2 Å². The van der Waals surface area contributed by atoms with Crippen LogP contribution in [0, 0.1) is 0 Å². The highest BCUT2D eigenvalue weighted by Gasteiger charge is 2.23. The first-order valence-electron chi connectivity index (χ1n) is 9.12. The Bertz CT molecular complexity index is 624. The van der Waals surface area contributed by atoms with Gasteiger partial charge in [0.15, 0.2) is 5.96 Å². The number of carbonyl (C=O) groups is 1. The van der Waals surface area contributed by atoms with E-state index in [1.165, 1.54) is 0 Å². The normalized spacial score (nSPS) is 14.3. The number of carbonyl (C=O) groups excluding carboxylic acids is 1. The number of guanidine groups is 1. The second-order valence-electron chi connectivity index (χ2n) is 5.88. The monoisotopic (exact) mass is 507 g/mol. The summed E-state index contributed by atoms with van der Waals surface area (Å²) in [5, 5.41) is 3.35. The fourth-order valence-corrected chi connectivity index (χ4v) is 2.73. The minimum Gasteiger partial charge on any atom is -0.475 e. The lowest BCUT2D eigenvalue weighted by atomic mass is 10.2. The quantitative estimate of drug-likeness (QED) is 0.260. The molecule has 1 aliphatic rings. The standard InChI is InChI=1S/C18H29N5O4.HI/c1-4-26-18(24)23-10-8-22(9-11-23)17(19-2)21-14-15-6-5-7-20-16(15)27-13-12-25-3;/h5-7H,4,8-14H2,1-3H3,(H,19,21);1H. The van der Waals surface area contributed by atoms with Crippen LogP contribution < -0.4 is 10.1 Å². The fraction of sp³-hybridized carbons (Fsp3) is 0.611. The van der Waals surface area contributed by atoms with Crippen LogP contribution in [0.4, 0.5) is 4.79 Å². The highest BCUT2D eigenvalue weighted by molar-refractivity contribution is 14.0. The molecule has 0 bridgehead atoms. The van der Waals surface area contributed by atoms with Crippen molar-refractivity contribution in [2.75, 3.05) is 60.2 Å². The van der Waals surface area contributed by atoms with Crippen LogP contribution >= 0.6 is 24.0 Å². The van der Waals surface area contributed by atoms with E-state index in [0.29, 0.717) is 58.4 Å². The third kappa shape index (κ3) is 7.30. The van der Waals surface area contributed by atoms with Crippen LogP contribution in [-0.2, 0) is 16.0 Å². The van der Waals surface area contributed by atoms with Crippen LogP contribution in [0.2, 0.25) is 0 Å². The molecule has 0 atom stereocenters. The summed E-state index contributed by atoms with van der Waals surface area (Å²) in [4.78, 5) is 24.3. The number of ether oxygens (including phenoxy) is 3. The Balaban J connectivity index is 0.00000392. The average Bonchev–Trinajstić information content (AvgIpc) is 2.70. The maximum absolute atomic E-state index is 11.8. The zero-order valence-electron chi connectivity index (χ0n) is 16.7. The van der Waals surface area contributed by atoms with Gasteiger partial charge in [0.2, 0.25) is 5.88 Å². The third-order valence-corrected chi connectivity index (χ3v) is 4.13. The molecule has 1 N–H and O–H groups in total. The maximum atomic E-state index is 11.8. The Hall–Kier alpha value is -1.82. The summed E-state index contributed by atoms with van der Waals surface area (Å²) < 4.78 is 15.7. The molecule has 10 heteroatoms. The molecule has 1 aromatic heterocycles. The van der Waals surface area contributed by atoms with Gasteiger partial charge in [-0.2, -0.15) is 0 Å². The second kappa shape index (κ2) is 13.4. The number of piperazine rings is 1. The van der Waals surface area contributed by atoms with Gasteiger partial charge in [-0.05, 0) is 13.0 Å². The number of aromatic nitrogens is 1. The van der Waals surface area contributed by atoms with Gasteiger partial charge in [0.1, 0.15) is 6.61 Å². The molecule has 2 rings (SSSR count). The smallest absolute Gasteiger partial charge is 0.409 e. The van der Waals surface area contributed by atoms with Crippen molar-refractivity contribution >= 4 is 36.0 Å². The van der Waals surface area contributed by atoms with E-state index in [0.717, 1.165) is 11.5 Å². The Morgan fingerprint density at radius 1 is 1.25 bits per heavy atom. The Kier molecular flexibility index (Phi) is 11.6. The van der Waals surface area contributed by atoms with Gasteiger partial charge in [-0.3, -0.25) is 4.99 Å². The van der Waals surface area contributed by atoms with Crippen LogP contribution in [-0.4, -0.2) is 87.0 Å². The van der Waals surface area contributed by atoms with Crippen molar-refractivity contribution in [3.05, 3.63) is 23.9 Å². The van der Waals surface area contributed by atoms with Gasteiger partial charge in [0, 0.05) is 58.6 Å². The predicted octanol–water partition coefficient (Wildman–Crippen LogP) is 1.57. The minimum absolute atomic E-state index is 0. The van der Waals surface area contributed by atoms with Crippen LogP contribution in [0.15, 0.2) is 23.3 Å². The average molecular weight is 507 g/mol. The van der Waals surface area contributed by atoms with Gasteiger partial charge < -0.3 is 29.3 Å². The molecule has 1 aromatic rings. The predicted molar refractivity (Wildman–Crippen MR) is 117 cm³/mol. The molecule has 9 nitrogen and oxygen atoms in total. The molecule has 1 amide bonds. The summed E-state index contributed by atoms with van der Waals surface area (Å²) in [6.45, 7) is 6.32. The molecule has 0 spiro atoms. The van der Waals surface area contributed by atoms with Gasteiger partial charge in [0.25, 0.3) is 0 Å². The highest BCUT2D eigenvalue weighted by atomic mass is 127. The van der Waals surface area contributed by atoms with E-state index in [1.807, 2.05) is 19.1 Å². The summed E-state index contributed by atoms with van der Waals surface area (Å²) in [6.07, 6.45) is 1.45. The summed E-state index contributed by atoms with van der Waals surface area (Å²) >= 11 is 0. The topological polar surface area (TPSA) is 88.5 Å². The van der Waals surface area contributed by atoms with E-state index < -0.39 is 0 Å². The van der Waals surface area contributed by atoms with Crippen molar-refractivity contribution in [3.63, 3.8) is 0 Å². The van der Waals surface area contributed by atoms with Gasteiger partial charge in [0.05, 0.1) is 13.2 Å². The van der Waals surface area contributed by atoms with E-state index in [9.17, 15) is 4.79 Å². The maximum Gasteiger partial charge on any atom is 0.409 e. The molecule has 1 fully saturated rings. The first kappa shape index (κ1) is 24.2. The van der Waals surface area contributed by atoms with E-state index in [2.05, 4.69) is 20.2 Å². The summed E-state index contributed by atoms with van der Waals surface area (Å²) in [6, 6.07) is 3.84. The first-order valence-corrected chi connectivity index (χ1v) is 9.12. The number of methoxy groups -OCH3 is 1. The Morgan fingerprint density at radius 3 is 2.61 bits per heavy atom. The molecule has 1 aliphatic heterocycles. The highest BCUT2D eigenvalue weighted by Crippen LogP contribution is 2.14. The molecule has 0 unspecified atom stereocenters. The zero-order valence-corrected chi connectivity index (χ0v) is 19.0. The van der Waals surface area contributed by atoms with Gasteiger partial charge in [-0.1, -0.05) is 6.07 Å². The number of hydrogen-bond acceptors (Lipinski definition) is 6. The summed E-state index contributed by atoms with van der Waals surface area (Å²) in [5.41, 5.74) is 0.944. The number of aliphatic imine (C=N–C) groups is 1.